The fraction of sp³-hybridized carbons (Fsp3) is 0.304. The molecular formula is C23H24ClN3O2. The van der Waals surface area contributed by atoms with Crippen LogP contribution in [-0.2, 0) is 16.1 Å². The largest absolute Gasteiger partial charge is 0.364 e. The van der Waals surface area contributed by atoms with Gasteiger partial charge in [-0.15, -0.1) is 0 Å². The van der Waals surface area contributed by atoms with E-state index in [-0.39, 0.29) is 18.4 Å². The van der Waals surface area contributed by atoms with Crippen LogP contribution in [-0.4, -0.2) is 59.7 Å². The first-order valence-electron chi connectivity index (χ1n) is 9.79. The molecule has 2 aromatic carbocycles. The summed E-state index contributed by atoms with van der Waals surface area (Å²) in [6, 6.07) is 15.1. The van der Waals surface area contributed by atoms with Crippen LogP contribution in [0.25, 0.3) is 5.57 Å². The molecule has 0 radical (unpaired) electrons. The summed E-state index contributed by atoms with van der Waals surface area (Å²) in [5, 5.41) is 0.601. The molecule has 0 saturated carbocycles. The number of hydrogen-bond donors (Lipinski definition) is 0. The van der Waals surface area contributed by atoms with E-state index in [1.807, 2.05) is 43.3 Å². The highest BCUT2D eigenvalue weighted by Gasteiger charge is 2.41. The third kappa shape index (κ3) is 3.93. The Morgan fingerprint density at radius 1 is 0.862 bits per heavy atom. The number of amides is 2. The zero-order valence-corrected chi connectivity index (χ0v) is 17.4. The van der Waals surface area contributed by atoms with Crippen molar-refractivity contribution in [1.29, 1.82) is 0 Å². The standard InChI is InChI=1S/C23H24ClN3O2/c1-16-3-5-17(6-4-16)15-27-22(28)20(18-7-9-19(24)10-8-18)21(23(27)29)26-13-11-25(2)12-14-26/h3-10H,11-15H2,1-2H3. The van der Waals surface area contributed by atoms with Crippen LogP contribution in [0.15, 0.2) is 54.2 Å². The minimum atomic E-state index is -0.244. The molecule has 0 bridgehead atoms. The maximum atomic E-state index is 13.4. The summed E-state index contributed by atoms with van der Waals surface area (Å²) < 4.78 is 0. The second-order valence-electron chi connectivity index (χ2n) is 7.70. The molecule has 2 amide bonds. The molecule has 4 rings (SSSR count). The average molecular weight is 410 g/mol. The first-order valence-corrected chi connectivity index (χ1v) is 10.2. The Bertz CT molecular complexity index is 959. The number of likely N-dealkylation sites (N-methyl/N-ethyl adjacent to an activating group) is 1. The van der Waals surface area contributed by atoms with Gasteiger partial charge in [0.2, 0.25) is 0 Å². The van der Waals surface area contributed by atoms with Gasteiger partial charge in [-0.3, -0.25) is 14.5 Å². The summed E-state index contributed by atoms with van der Waals surface area (Å²) in [6.45, 7) is 5.45. The van der Waals surface area contributed by atoms with Gasteiger partial charge in [0, 0.05) is 31.2 Å². The number of rotatable bonds is 4. The highest BCUT2D eigenvalue weighted by molar-refractivity contribution is 6.35. The zero-order valence-electron chi connectivity index (χ0n) is 16.7. The predicted octanol–water partition coefficient (Wildman–Crippen LogP) is 3.18. The van der Waals surface area contributed by atoms with Crippen LogP contribution >= 0.6 is 11.6 Å². The van der Waals surface area contributed by atoms with E-state index in [1.165, 1.54) is 4.90 Å². The molecule has 2 aromatic rings. The van der Waals surface area contributed by atoms with E-state index in [4.69, 9.17) is 11.6 Å². The van der Waals surface area contributed by atoms with E-state index in [0.717, 1.165) is 42.9 Å². The number of halogens is 1. The lowest BCUT2D eigenvalue weighted by Crippen LogP contribution is -2.46. The molecule has 1 fully saturated rings. The predicted molar refractivity (Wildman–Crippen MR) is 114 cm³/mol. The number of carbonyl (C=O) groups is 2. The zero-order chi connectivity index (χ0) is 20.5. The van der Waals surface area contributed by atoms with Crippen LogP contribution in [0, 0.1) is 6.92 Å². The van der Waals surface area contributed by atoms with Crippen LogP contribution in [0.3, 0.4) is 0 Å². The average Bonchev–Trinajstić information content (AvgIpc) is 2.96. The highest BCUT2D eigenvalue weighted by Crippen LogP contribution is 2.33. The second kappa shape index (κ2) is 8.01. The van der Waals surface area contributed by atoms with Crippen molar-refractivity contribution in [1.82, 2.24) is 14.7 Å². The van der Waals surface area contributed by atoms with Gasteiger partial charge in [-0.2, -0.15) is 0 Å². The third-order valence-corrected chi connectivity index (χ3v) is 5.81. The lowest BCUT2D eigenvalue weighted by atomic mass is 10.0. The van der Waals surface area contributed by atoms with Crippen molar-refractivity contribution in [3.63, 3.8) is 0 Å². The SMILES string of the molecule is Cc1ccc(CN2C(=O)C(c3ccc(Cl)cc3)=C(N3CCN(C)CC3)C2=O)cc1. The summed E-state index contributed by atoms with van der Waals surface area (Å²) in [4.78, 5) is 32.4. The summed E-state index contributed by atoms with van der Waals surface area (Å²) in [7, 11) is 2.07. The molecule has 5 nitrogen and oxygen atoms in total. The summed E-state index contributed by atoms with van der Waals surface area (Å²) >= 11 is 6.04. The Morgan fingerprint density at radius 2 is 1.48 bits per heavy atom. The van der Waals surface area contributed by atoms with Gasteiger partial charge in [-0.05, 0) is 37.2 Å². The number of piperazine rings is 1. The second-order valence-corrected chi connectivity index (χ2v) is 8.14. The van der Waals surface area contributed by atoms with E-state index in [1.54, 1.807) is 12.1 Å². The number of carbonyl (C=O) groups excluding carboxylic acids is 2. The number of aryl methyl sites for hydroxylation is 1. The molecule has 0 N–H and O–H groups in total. The molecule has 2 aliphatic heterocycles. The molecular weight excluding hydrogens is 386 g/mol. The molecule has 0 aliphatic carbocycles. The number of imide groups is 1. The van der Waals surface area contributed by atoms with Crippen molar-refractivity contribution < 1.29 is 9.59 Å². The number of hydrogen-bond acceptors (Lipinski definition) is 4. The Balaban J connectivity index is 1.71. The maximum Gasteiger partial charge on any atom is 0.278 e. The summed E-state index contributed by atoms with van der Waals surface area (Å²) in [5.74, 6) is -0.461. The molecule has 2 aliphatic rings. The van der Waals surface area contributed by atoms with Gasteiger partial charge < -0.3 is 9.80 Å². The Morgan fingerprint density at radius 3 is 2.10 bits per heavy atom. The molecule has 0 atom stereocenters. The molecule has 150 valence electrons. The lowest BCUT2D eigenvalue weighted by molar-refractivity contribution is -0.138. The molecule has 0 unspecified atom stereocenters. The molecule has 0 spiro atoms. The molecule has 1 saturated heterocycles. The fourth-order valence-corrected chi connectivity index (χ4v) is 3.91. The maximum absolute atomic E-state index is 13.4. The van der Waals surface area contributed by atoms with Crippen LogP contribution in [0.1, 0.15) is 16.7 Å². The van der Waals surface area contributed by atoms with Crippen molar-refractivity contribution in [2.45, 2.75) is 13.5 Å². The van der Waals surface area contributed by atoms with Crippen LogP contribution < -0.4 is 0 Å². The third-order valence-electron chi connectivity index (χ3n) is 5.56. The number of nitrogens with zero attached hydrogens (tertiary/aromatic N) is 3. The van der Waals surface area contributed by atoms with Crippen molar-refractivity contribution in [2.24, 2.45) is 0 Å². The van der Waals surface area contributed by atoms with Gasteiger partial charge in [0.1, 0.15) is 5.70 Å². The van der Waals surface area contributed by atoms with E-state index in [2.05, 4.69) is 16.8 Å². The molecule has 6 heteroatoms. The lowest BCUT2D eigenvalue weighted by Gasteiger charge is -2.34. The Kier molecular flexibility index (Phi) is 5.43. The van der Waals surface area contributed by atoms with Crippen molar-refractivity contribution >= 4 is 29.0 Å². The Hall–Kier alpha value is -2.63. The van der Waals surface area contributed by atoms with Crippen molar-refractivity contribution in [2.75, 3.05) is 33.2 Å². The molecule has 29 heavy (non-hydrogen) atoms. The van der Waals surface area contributed by atoms with Crippen molar-refractivity contribution in [3.8, 4) is 0 Å². The van der Waals surface area contributed by atoms with Gasteiger partial charge in [0.05, 0.1) is 12.1 Å². The monoisotopic (exact) mass is 409 g/mol. The minimum absolute atomic E-state index is 0.218. The van der Waals surface area contributed by atoms with Gasteiger partial charge in [-0.25, -0.2) is 0 Å². The Labute approximate surface area is 176 Å². The van der Waals surface area contributed by atoms with Gasteiger partial charge in [0.15, 0.2) is 0 Å². The first-order chi connectivity index (χ1) is 13.9. The van der Waals surface area contributed by atoms with Gasteiger partial charge >= 0.3 is 0 Å². The summed E-state index contributed by atoms with van der Waals surface area (Å²) in [6.07, 6.45) is 0. The smallest absolute Gasteiger partial charge is 0.278 e. The van der Waals surface area contributed by atoms with E-state index in [9.17, 15) is 9.59 Å². The van der Waals surface area contributed by atoms with E-state index in [0.29, 0.717) is 16.3 Å². The molecule has 2 heterocycles. The van der Waals surface area contributed by atoms with Crippen molar-refractivity contribution in [3.05, 3.63) is 75.9 Å². The first kappa shape index (κ1) is 19.7. The highest BCUT2D eigenvalue weighted by atomic mass is 35.5. The topological polar surface area (TPSA) is 43.9 Å². The van der Waals surface area contributed by atoms with E-state index >= 15 is 0 Å². The van der Waals surface area contributed by atoms with E-state index < -0.39 is 0 Å². The van der Waals surface area contributed by atoms with Crippen LogP contribution in [0.2, 0.25) is 5.02 Å². The normalized spacial score (nSPS) is 18.2. The quantitative estimate of drug-likeness (QED) is 0.727. The molecule has 0 aromatic heterocycles. The number of benzene rings is 2. The van der Waals surface area contributed by atoms with Crippen LogP contribution in [0.4, 0.5) is 0 Å². The fourth-order valence-electron chi connectivity index (χ4n) is 3.78. The van der Waals surface area contributed by atoms with Gasteiger partial charge in [0.25, 0.3) is 11.8 Å². The van der Waals surface area contributed by atoms with Gasteiger partial charge in [-0.1, -0.05) is 53.6 Å². The minimum Gasteiger partial charge on any atom is -0.364 e. The van der Waals surface area contributed by atoms with Crippen LogP contribution in [0.5, 0.6) is 0 Å². The summed E-state index contributed by atoms with van der Waals surface area (Å²) in [5.41, 5.74) is 3.80.